The quantitative estimate of drug-likeness (QED) is 0.232. The van der Waals surface area contributed by atoms with Crippen LogP contribution < -0.4 is 14.4 Å². The molecule has 3 aromatic rings. The van der Waals surface area contributed by atoms with E-state index in [-0.39, 0.29) is 35.3 Å². The van der Waals surface area contributed by atoms with E-state index in [1.807, 2.05) is 61.5 Å². The van der Waals surface area contributed by atoms with Crippen LogP contribution in [0.25, 0.3) is 0 Å². The maximum atomic E-state index is 14.2. The van der Waals surface area contributed by atoms with E-state index in [0.29, 0.717) is 6.54 Å². The summed E-state index contributed by atoms with van der Waals surface area (Å²) in [6.07, 6.45) is 2.95. The van der Waals surface area contributed by atoms with Crippen molar-refractivity contribution >= 4 is 55.1 Å². The Morgan fingerprint density at radius 1 is 1.02 bits per heavy atom. The minimum Gasteiger partial charge on any atom is -0.495 e. The predicted molar refractivity (Wildman–Crippen MR) is 167 cm³/mol. The molecule has 0 aliphatic heterocycles. The smallest absolute Gasteiger partial charge is 0.244 e. The van der Waals surface area contributed by atoms with E-state index >= 15 is 0 Å². The third-order valence-corrected chi connectivity index (χ3v) is 8.35. The van der Waals surface area contributed by atoms with Gasteiger partial charge in [0, 0.05) is 29.0 Å². The number of hydrogen-bond donors (Lipinski definition) is 1. The normalized spacial score (nSPS) is 11.9. The number of anilines is 1. The Kier molecular flexibility index (Phi) is 12.1. The molecule has 220 valence electrons. The number of hydrogen-bond acceptors (Lipinski definition) is 5. The molecule has 3 rings (SSSR count). The van der Waals surface area contributed by atoms with E-state index < -0.39 is 28.5 Å². The van der Waals surface area contributed by atoms with Gasteiger partial charge in [-0.15, -0.1) is 0 Å². The van der Waals surface area contributed by atoms with Crippen molar-refractivity contribution < 1.29 is 22.7 Å². The predicted octanol–water partition coefficient (Wildman–Crippen LogP) is 5.43. The standard InChI is InChI=1S/C30H35BrClN3O5S/c1-4-5-17-33-30(37)27(18-22-9-7-6-8-10-22)34(20-23-11-13-24(31)14-12-23)29(36)21-35(41(3,38)39)26-19-25(32)15-16-28(26)40-2/h6-16,19,27H,4-5,17-18,20-21H2,1-3H3,(H,33,37)/t27-/m1/s1. The molecule has 11 heteroatoms. The lowest BCUT2D eigenvalue weighted by Crippen LogP contribution is -2.53. The molecule has 0 saturated heterocycles. The van der Waals surface area contributed by atoms with Crippen LogP contribution in [-0.2, 0) is 32.6 Å². The van der Waals surface area contributed by atoms with E-state index in [9.17, 15) is 18.0 Å². The average Bonchev–Trinajstić information content (AvgIpc) is 2.94. The summed E-state index contributed by atoms with van der Waals surface area (Å²) >= 11 is 9.63. The van der Waals surface area contributed by atoms with Crippen LogP contribution in [0.1, 0.15) is 30.9 Å². The van der Waals surface area contributed by atoms with E-state index in [1.54, 1.807) is 12.1 Å². The van der Waals surface area contributed by atoms with Gasteiger partial charge in [0.25, 0.3) is 0 Å². The van der Waals surface area contributed by atoms with Gasteiger partial charge in [0.05, 0.1) is 19.1 Å². The molecule has 0 aromatic heterocycles. The molecular weight excluding hydrogens is 630 g/mol. The molecule has 8 nitrogen and oxygen atoms in total. The number of unbranched alkanes of at least 4 members (excludes halogenated alkanes) is 1. The lowest BCUT2D eigenvalue weighted by Gasteiger charge is -2.33. The molecule has 0 saturated carbocycles. The van der Waals surface area contributed by atoms with Crippen LogP contribution >= 0.6 is 27.5 Å². The topological polar surface area (TPSA) is 96.0 Å². The number of rotatable bonds is 14. The lowest BCUT2D eigenvalue weighted by molar-refractivity contribution is -0.140. The second kappa shape index (κ2) is 15.2. The van der Waals surface area contributed by atoms with E-state index in [4.69, 9.17) is 16.3 Å². The van der Waals surface area contributed by atoms with E-state index in [1.165, 1.54) is 18.1 Å². The Morgan fingerprint density at radius 3 is 2.32 bits per heavy atom. The van der Waals surface area contributed by atoms with Crippen molar-refractivity contribution in [1.29, 1.82) is 0 Å². The first-order chi connectivity index (χ1) is 19.5. The average molecular weight is 665 g/mol. The second-order valence-electron chi connectivity index (χ2n) is 9.58. The molecular formula is C30H35BrClN3O5S. The van der Waals surface area contributed by atoms with Crippen molar-refractivity contribution in [3.05, 3.63) is 93.4 Å². The van der Waals surface area contributed by atoms with Crippen molar-refractivity contribution in [2.75, 3.05) is 30.8 Å². The molecule has 2 amide bonds. The van der Waals surface area contributed by atoms with E-state index in [0.717, 1.165) is 39.0 Å². The van der Waals surface area contributed by atoms with Gasteiger partial charge in [-0.2, -0.15) is 0 Å². The van der Waals surface area contributed by atoms with Crippen LogP contribution in [0.3, 0.4) is 0 Å². The molecule has 1 atom stereocenters. The number of benzene rings is 3. The Balaban J connectivity index is 2.07. The fourth-order valence-electron chi connectivity index (χ4n) is 4.30. The molecule has 0 fully saturated rings. The van der Waals surface area contributed by atoms with Crippen LogP contribution in [0.15, 0.2) is 77.3 Å². The first-order valence-corrected chi connectivity index (χ1v) is 16.2. The van der Waals surface area contributed by atoms with Gasteiger partial charge in [-0.05, 0) is 47.9 Å². The monoisotopic (exact) mass is 663 g/mol. The number of ether oxygens (including phenoxy) is 1. The van der Waals surface area contributed by atoms with Crippen molar-refractivity contribution in [1.82, 2.24) is 10.2 Å². The van der Waals surface area contributed by atoms with Gasteiger partial charge in [0.1, 0.15) is 18.3 Å². The zero-order valence-corrected chi connectivity index (χ0v) is 26.5. The fraction of sp³-hybridized carbons (Fsp3) is 0.333. The van der Waals surface area contributed by atoms with Crippen molar-refractivity contribution in [3.63, 3.8) is 0 Å². The molecule has 3 aromatic carbocycles. The maximum absolute atomic E-state index is 14.2. The number of halogens is 2. The molecule has 0 spiro atoms. The SMILES string of the molecule is CCCCNC(=O)[C@@H](Cc1ccccc1)N(Cc1ccc(Br)cc1)C(=O)CN(c1cc(Cl)ccc1OC)S(C)(=O)=O. The Bertz CT molecular complexity index is 1420. The van der Waals surface area contributed by atoms with Gasteiger partial charge in [-0.25, -0.2) is 8.42 Å². The second-order valence-corrected chi connectivity index (χ2v) is 12.8. The van der Waals surface area contributed by atoms with Crippen LogP contribution in [0, 0.1) is 0 Å². The third-order valence-electron chi connectivity index (χ3n) is 6.46. The number of carbonyl (C=O) groups excluding carboxylic acids is 2. The molecule has 0 heterocycles. The first-order valence-electron chi connectivity index (χ1n) is 13.2. The summed E-state index contributed by atoms with van der Waals surface area (Å²) in [7, 11) is -2.55. The van der Waals surface area contributed by atoms with Gasteiger partial charge in [0.2, 0.25) is 21.8 Å². The fourth-order valence-corrected chi connectivity index (χ4v) is 5.58. The largest absolute Gasteiger partial charge is 0.495 e. The van der Waals surface area contributed by atoms with Crippen LogP contribution in [0.2, 0.25) is 5.02 Å². The molecule has 0 unspecified atom stereocenters. The summed E-state index contributed by atoms with van der Waals surface area (Å²) in [6, 6.07) is 20.5. The highest BCUT2D eigenvalue weighted by Gasteiger charge is 2.33. The summed E-state index contributed by atoms with van der Waals surface area (Å²) in [5.74, 6) is -0.615. The zero-order chi connectivity index (χ0) is 30.0. The first kappa shape index (κ1) is 32.4. The molecule has 1 N–H and O–H groups in total. The Labute approximate surface area is 255 Å². The zero-order valence-electron chi connectivity index (χ0n) is 23.3. The van der Waals surface area contributed by atoms with Gasteiger partial charge in [0.15, 0.2) is 0 Å². The number of nitrogens with zero attached hydrogens (tertiary/aromatic N) is 2. The summed E-state index contributed by atoms with van der Waals surface area (Å²) in [6.45, 7) is 2.03. The van der Waals surface area contributed by atoms with E-state index in [2.05, 4.69) is 21.2 Å². The van der Waals surface area contributed by atoms with Crippen LogP contribution in [0.4, 0.5) is 5.69 Å². The maximum Gasteiger partial charge on any atom is 0.244 e. The third kappa shape index (κ3) is 9.48. The highest BCUT2D eigenvalue weighted by molar-refractivity contribution is 9.10. The summed E-state index contributed by atoms with van der Waals surface area (Å²) in [5, 5.41) is 3.25. The Morgan fingerprint density at radius 2 is 1.71 bits per heavy atom. The van der Waals surface area contributed by atoms with Gasteiger partial charge < -0.3 is 15.0 Å². The number of sulfonamides is 1. The number of carbonyl (C=O) groups is 2. The molecule has 0 aliphatic carbocycles. The van der Waals surface area contributed by atoms with Crippen LogP contribution in [0.5, 0.6) is 5.75 Å². The van der Waals surface area contributed by atoms with Crippen LogP contribution in [-0.4, -0.2) is 57.6 Å². The summed E-state index contributed by atoms with van der Waals surface area (Å²) in [4.78, 5) is 29.2. The lowest BCUT2D eigenvalue weighted by atomic mass is 10.0. The molecule has 0 bridgehead atoms. The van der Waals surface area contributed by atoms with Gasteiger partial charge in [-0.1, -0.05) is 83.3 Å². The number of amides is 2. The van der Waals surface area contributed by atoms with Crippen molar-refractivity contribution in [3.8, 4) is 5.75 Å². The molecule has 41 heavy (non-hydrogen) atoms. The summed E-state index contributed by atoms with van der Waals surface area (Å²) < 4.78 is 33.2. The van der Waals surface area contributed by atoms with Crippen molar-refractivity contribution in [2.45, 2.75) is 38.8 Å². The minimum absolute atomic E-state index is 0.0924. The summed E-state index contributed by atoms with van der Waals surface area (Å²) in [5.41, 5.74) is 1.78. The van der Waals surface area contributed by atoms with Crippen molar-refractivity contribution in [2.24, 2.45) is 0 Å². The van der Waals surface area contributed by atoms with Gasteiger partial charge in [-0.3, -0.25) is 13.9 Å². The highest BCUT2D eigenvalue weighted by Crippen LogP contribution is 2.33. The Hall–Kier alpha value is -3.08. The number of methoxy groups -OCH3 is 1. The minimum atomic E-state index is -3.96. The molecule has 0 aliphatic rings. The highest BCUT2D eigenvalue weighted by atomic mass is 79.9. The molecule has 0 radical (unpaired) electrons. The number of nitrogens with one attached hydrogen (secondary N) is 1. The van der Waals surface area contributed by atoms with Gasteiger partial charge >= 0.3 is 0 Å².